The van der Waals surface area contributed by atoms with Crippen molar-refractivity contribution in [2.24, 2.45) is 5.92 Å². The number of carboxylic acid groups (broad SMARTS) is 1. The van der Waals surface area contributed by atoms with Crippen LogP contribution in [0.25, 0.3) is 0 Å². The summed E-state index contributed by atoms with van der Waals surface area (Å²) in [5, 5.41) is 8.49. The lowest BCUT2D eigenvalue weighted by atomic mass is 10.0. The molecule has 0 atom stereocenters. The van der Waals surface area contributed by atoms with Crippen molar-refractivity contribution in [1.82, 2.24) is 4.90 Å². The van der Waals surface area contributed by atoms with Crippen LogP contribution in [0.1, 0.15) is 0 Å². The fourth-order valence-electron chi connectivity index (χ4n) is 1.20. The number of hydrogen-bond acceptors (Lipinski definition) is 3. The van der Waals surface area contributed by atoms with Crippen LogP contribution in [0.5, 0.6) is 0 Å². The van der Waals surface area contributed by atoms with Crippen LogP contribution < -0.4 is 0 Å². The molecule has 1 saturated heterocycles. The van der Waals surface area contributed by atoms with Gasteiger partial charge in [-0.3, -0.25) is 4.79 Å². The van der Waals surface area contributed by atoms with Crippen molar-refractivity contribution >= 4 is 17.7 Å². The van der Waals surface area contributed by atoms with E-state index in [2.05, 4.69) is 0 Å². The molecule has 0 amide bonds. The van der Waals surface area contributed by atoms with Crippen molar-refractivity contribution in [2.75, 3.05) is 25.4 Å². The second-order valence-corrected chi connectivity index (χ2v) is 4.25. The monoisotopic (exact) mass is 229 g/mol. The summed E-state index contributed by atoms with van der Waals surface area (Å²) in [6.45, 7) is 1.04. The van der Waals surface area contributed by atoms with Gasteiger partial charge in [-0.25, -0.2) is 0 Å². The SMILES string of the molecule is O=C(O)C1CN(CCSC(F)(F)F)C1. The lowest BCUT2D eigenvalue weighted by molar-refractivity contribution is -0.147. The number of carbonyl (C=O) groups is 1. The molecule has 14 heavy (non-hydrogen) atoms. The molecule has 0 aromatic rings. The Morgan fingerprint density at radius 3 is 2.50 bits per heavy atom. The van der Waals surface area contributed by atoms with Gasteiger partial charge in [0.05, 0.1) is 5.92 Å². The minimum Gasteiger partial charge on any atom is -0.481 e. The van der Waals surface area contributed by atoms with Crippen LogP contribution in [0.3, 0.4) is 0 Å². The predicted molar refractivity (Wildman–Crippen MR) is 46.1 cm³/mol. The normalized spacial score (nSPS) is 19.4. The molecule has 1 N–H and O–H groups in total. The van der Waals surface area contributed by atoms with Gasteiger partial charge in [0.1, 0.15) is 0 Å². The Kier molecular flexibility index (Phi) is 3.65. The molecule has 1 heterocycles. The molecule has 7 heteroatoms. The molecule has 82 valence electrons. The fraction of sp³-hybridized carbons (Fsp3) is 0.857. The number of aliphatic carboxylic acids is 1. The highest BCUT2D eigenvalue weighted by Crippen LogP contribution is 2.30. The van der Waals surface area contributed by atoms with Crippen LogP contribution in [0.4, 0.5) is 13.2 Å². The van der Waals surface area contributed by atoms with E-state index < -0.39 is 17.4 Å². The third-order valence-corrected chi connectivity index (χ3v) is 2.69. The summed E-state index contributed by atoms with van der Waals surface area (Å²) in [5.74, 6) is -1.30. The summed E-state index contributed by atoms with van der Waals surface area (Å²) in [6, 6.07) is 0. The fourth-order valence-corrected chi connectivity index (χ4v) is 1.78. The molecule has 0 aromatic heterocycles. The summed E-state index contributed by atoms with van der Waals surface area (Å²) in [6.07, 6.45) is 0. The zero-order chi connectivity index (χ0) is 10.8. The molecule has 0 aliphatic carbocycles. The topological polar surface area (TPSA) is 40.5 Å². The second kappa shape index (κ2) is 4.39. The number of likely N-dealkylation sites (tertiary alicyclic amines) is 1. The first-order valence-electron chi connectivity index (χ1n) is 4.04. The molecule has 0 radical (unpaired) electrons. The van der Waals surface area contributed by atoms with Crippen molar-refractivity contribution in [1.29, 1.82) is 0 Å². The molecule has 3 nitrogen and oxygen atoms in total. The highest BCUT2D eigenvalue weighted by atomic mass is 32.2. The van der Waals surface area contributed by atoms with Crippen molar-refractivity contribution in [3.63, 3.8) is 0 Å². The number of hydrogen-bond donors (Lipinski definition) is 1. The van der Waals surface area contributed by atoms with Crippen LogP contribution in [-0.4, -0.2) is 46.9 Å². The smallest absolute Gasteiger partial charge is 0.441 e. The highest BCUT2D eigenvalue weighted by molar-refractivity contribution is 8.00. The van der Waals surface area contributed by atoms with E-state index in [1.807, 2.05) is 0 Å². The zero-order valence-corrected chi connectivity index (χ0v) is 8.07. The lowest BCUT2D eigenvalue weighted by Crippen LogP contribution is -2.51. The number of nitrogens with zero attached hydrogens (tertiary/aromatic N) is 1. The average molecular weight is 229 g/mol. The Morgan fingerprint density at radius 1 is 1.50 bits per heavy atom. The standard InChI is InChI=1S/C7H10F3NO2S/c8-7(9,10)14-2-1-11-3-5(4-11)6(12)13/h5H,1-4H2,(H,12,13). The molecule has 1 fully saturated rings. The van der Waals surface area contributed by atoms with Gasteiger partial charge in [0.2, 0.25) is 0 Å². The van der Waals surface area contributed by atoms with E-state index in [-0.39, 0.29) is 17.5 Å². The molecular weight excluding hydrogens is 219 g/mol. The van der Waals surface area contributed by atoms with E-state index in [1.54, 1.807) is 4.90 Å². The molecule has 0 spiro atoms. The molecule has 0 aromatic carbocycles. The highest BCUT2D eigenvalue weighted by Gasteiger charge is 2.33. The first-order chi connectivity index (χ1) is 6.38. The number of carboxylic acids is 1. The lowest BCUT2D eigenvalue weighted by Gasteiger charge is -2.36. The molecule has 1 aliphatic heterocycles. The minimum atomic E-state index is -4.18. The number of alkyl halides is 3. The molecular formula is C7H10F3NO2S. The quantitative estimate of drug-likeness (QED) is 0.787. The van der Waals surface area contributed by atoms with E-state index in [0.717, 1.165) is 0 Å². The third-order valence-electron chi connectivity index (χ3n) is 1.98. The van der Waals surface area contributed by atoms with Crippen molar-refractivity contribution in [3.05, 3.63) is 0 Å². The molecule has 1 aliphatic rings. The molecule has 0 bridgehead atoms. The van der Waals surface area contributed by atoms with Gasteiger partial charge in [-0.2, -0.15) is 13.2 Å². The van der Waals surface area contributed by atoms with E-state index in [4.69, 9.17) is 5.11 Å². The van der Waals surface area contributed by atoms with Gasteiger partial charge >= 0.3 is 11.5 Å². The summed E-state index contributed by atoms with van der Waals surface area (Å²) in [5.41, 5.74) is -4.18. The van der Waals surface area contributed by atoms with Gasteiger partial charge in [0.25, 0.3) is 0 Å². The Morgan fingerprint density at radius 2 is 2.07 bits per heavy atom. The Labute approximate surface area is 83.3 Å². The minimum absolute atomic E-state index is 0.0319. The van der Waals surface area contributed by atoms with Crippen LogP contribution in [0.15, 0.2) is 0 Å². The van der Waals surface area contributed by atoms with E-state index >= 15 is 0 Å². The zero-order valence-electron chi connectivity index (χ0n) is 7.25. The Bertz CT molecular complexity index is 215. The van der Waals surface area contributed by atoms with E-state index in [9.17, 15) is 18.0 Å². The Hall–Kier alpha value is -0.430. The van der Waals surface area contributed by atoms with Gasteiger partial charge in [-0.05, 0) is 11.8 Å². The first-order valence-corrected chi connectivity index (χ1v) is 5.03. The maximum absolute atomic E-state index is 11.7. The maximum atomic E-state index is 11.7. The van der Waals surface area contributed by atoms with E-state index in [0.29, 0.717) is 19.6 Å². The van der Waals surface area contributed by atoms with Gasteiger partial charge in [0.15, 0.2) is 0 Å². The second-order valence-electron chi connectivity index (χ2n) is 3.09. The van der Waals surface area contributed by atoms with Crippen LogP contribution in [0, 0.1) is 5.92 Å². The van der Waals surface area contributed by atoms with Gasteiger partial charge in [-0.1, -0.05) is 0 Å². The third kappa shape index (κ3) is 3.75. The molecule has 1 rings (SSSR count). The van der Waals surface area contributed by atoms with Crippen molar-refractivity contribution in [2.45, 2.75) is 5.51 Å². The van der Waals surface area contributed by atoms with Crippen molar-refractivity contribution in [3.8, 4) is 0 Å². The first kappa shape index (κ1) is 11.6. The summed E-state index contributed by atoms with van der Waals surface area (Å²) >= 11 is -0.0683. The number of halogens is 3. The van der Waals surface area contributed by atoms with Crippen LogP contribution in [0.2, 0.25) is 0 Å². The van der Waals surface area contributed by atoms with Crippen molar-refractivity contribution < 1.29 is 23.1 Å². The van der Waals surface area contributed by atoms with Gasteiger partial charge in [0, 0.05) is 25.4 Å². The Balaban J connectivity index is 2.04. The largest absolute Gasteiger partial charge is 0.481 e. The van der Waals surface area contributed by atoms with Crippen LogP contribution in [-0.2, 0) is 4.79 Å². The number of rotatable bonds is 4. The summed E-state index contributed by atoms with van der Waals surface area (Å²) in [7, 11) is 0. The maximum Gasteiger partial charge on any atom is 0.441 e. The van der Waals surface area contributed by atoms with Crippen LogP contribution >= 0.6 is 11.8 Å². The van der Waals surface area contributed by atoms with Gasteiger partial charge < -0.3 is 10.0 Å². The molecule has 0 saturated carbocycles. The molecule has 0 unspecified atom stereocenters. The van der Waals surface area contributed by atoms with Gasteiger partial charge in [-0.15, -0.1) is 0 Å². The van der Waals surface area contributed by atoms with E-state index in [1.165, 1.54) is 0 Å². The average Bonchev–Trinajstić information content (AvgIpc) is 1.90. The number of thioether (sulfide) groups is 1. The summed E-state index contributed by atoms with van der Waals surface area (Å²) in [4.78, 5) is 12.1. The summed E-state index contributed by atoms with van der Waals surface area (Å²) < 4.78 is 35.0. The predicted octanol–water partition coefficient (Wildman–Crippen LogP) is 1.26.